The molecule has 0 bridgehead atoms. The van der Waals surface area contributed by atoms with E-state index in [2.05, 4.69) is 5.32 Å². The fourth-order valence-corrected chi connectivity index (χ4v) is 2.80. The van der Waals surface area contributed by atoms with Crippen LogP contribution in [-0.2, 0) is 4.79 Å². The highest BCUT2D eigenvalue weighted by Gasteiger charge is 2.37. The van der Waals surface area contributed by atoms with Gasteiger partial charge >= 0.3 is 12.0 Å². The van der Waals surface area contributed by atoms with Gasteiger partial charge < -0.3 is 15.3 Å². The predicted octanol–water partition coefficient (Wildman–Crippen LogP) is 2.50. The Morgan fingerprint density at radius 3 is 2.52 bits per heavy atom. The van der Waals surface area contributed by atoms with Crippen LogP contribution in [0.15, 0.2) is 30.3 Å². The van der Waals surface area contributed by atoms with Crippen LogP contribution in [0.25, 0.3) is 0 Å². The molecule has 3 atom stereocenters. The molecule has 1 heterocycles. The third-order valence-electron chi connectivity index (χ3n) is 4.12. The molecule has 5 heteroatoms. The number of carboxylic acids is 1. The lowest BCUT2D eigenvalue weighted by Crippen LogP contribution is -2.40. The van der Waals surface area contributed by atoms with Gasteiger partial charge in [-0.05, 0) is 17.9 Å². The molecule has 1 aromatic carbocycles. The van der Waals surface area contributed by atoms with Crippen molar-refractivity contribution in [2.45, 2.75) is 26.3 Å². The van der Waals surface area contributed by atoms with Crippen molar-refractivity contribution in [2.75, 3.05) is 13.1 Å². The Balaban J connectivity index is 1.99. The van der Waals surface area contributed by atoms with Crippen LogP contribution in [0.2, 0.25) is 0 Å². The van der Waals surface area contributed by atoms with Crippen LogP contribution in [-0.4, -0.2) is 35.1 Å². The number of carboxylic acid groups (broad SMARTS) is 1. The Morgan fingerprint density at radius 1 is 1.33 bits per heavy atom. The summed E-state index contributed by atoms with van der Waals surface area (Å²) in [5.74, 6) is -1.30. The first-order valence-corrected chi connectivity index (χ1v) is 7.36. The number of carbonyl (C=O) groups is 2. The summed E-state index contributed by atoms with van der Waals surface area (Å²) in [6.45, 7) is 4.67. The fraction of sp³-hybridized carbons (Fsp3) is 0.500. The van der Waals surface area contributed by atoms with Crippen molar-refractivity contribution in [1.29, 1.82) is 0 Å². The van der Waals surface area contributed by atoms with Gasteiger partial charge in [-0.3, -0.25) is 4.79 Å². The average molecular weight is 290 g/mol. The molecule has 0 radical (unpaired) electrons. The highest BCUT2D eigenvalue weighted by molar-refractivity contribution is 5.78. The normalized spacial score (nSPS) is 22.9. The molecule has 1 aliphatic heterocycles. The van der Waals surface area contributed by atoms with Crippen LogP contribution >= 0.6 is 0 Å². The Labute approximate surface area is 125 Å². The molecule has 0 aromatic heterocycles. The zero-order valence-corrected chi connectivity index (χ0v) is 12.5. The number of rotatable bonds is 4. The van der Waals surface area contributed by atoms with E-state index in [0.29, 0.717) is 6.54 Å². The number of nitrogens with one attached hydrogen (secondary N) is 1. The summed E-state index contributed by atoms with van der Waals surface area (Å²) in [5, 5.41) is 12.1. The summed E-state index contributed by atoms with van der Waals surface area (Å²) < 4.78 is 0. The Morgan fingerprint density at radius 2 is 2.00 bits per heavy atom. The summed E-state index contributed by atoms with van der Waals surface area (Å²) in [6.07, 6.45) is 0.793. The number of hydrogen-bond acceptors (Lipinski definition) is 2. The molecule has 21 heavy (non-hydrogen) atoms. The molecule has 1 aromatic rings. The first-order valence-electron chi connectivity index (χ1n) is 7.36. The van der Waals surface area contributed by atoms with Crippen molar-refractivity contribution in [3.05, 3.63) is 35.9 Å². The Bertz CT molecular complexity index is 504. The number of urea groups is 1. The third-order valence-corrected chi connectivity index (χ3v) is 4.12. The van der Waals surface area contributed by atoms with E-state index in [0.717, 1.165) is 12.0 Å². The monoisotopic (exact) mass is 290 g/mol. The number of benzene rings is 1. The second kappa shape index (κ2) is 6.61. The predicted molar refractivity (Wildman–Crippen MR) is 79.9 cm³/mol. The number of carbonyl (C=O) groups excluding carboxylic acids is 1. The minimum absolute atomic E-state index is 0.00921. The second-order valence-corrected chi connectivity index (χ2v) is 5.65. The van der Waals surface area contributed by atoms with Crippen molar-refractivity contribution in [3.8, 4) is 0 Å². The third kappa shape index (κ3) is 3.54. The lowest BCUT2D eigenvalue weighted by molar-refractivity contribution is -0.142. The van der Waals surface area contributed by atoms with Gasteiger partial charge in [0.1, 0.15) is 0 Å². The lowest BCUT2D eigenvalue weighted by Gasteiger charge is -2.23. The fourth-order valence-electron chi connectivity index (χ4n) is 2.80. The number of hydrogen-bond donors (Lipinski definition) is 2. The van der Waals surface area contributed by atoms with E-state index in [4.69, 9.17) is 5.11 Å². The van der Waals surface area contributed by atoms with E-state index >= 15 is 0 Å². The van der Waals surface area contributed by atoms with Crippen LogP contribution in [0.3, 0.4) is 0 Å². The van der Waals surface area contributed by atoms with E-state index in [9.17, 15) is 9.59 Å². The SMILES string of the molecule is CCC(NC(=O)N1C[C@@H](C)[C@H](C(=O)O)C1)c1ccccc1. The van der Waals surface area contributed by atoms with Gasteiger partial charge in [-0.25, -0.2) is 4.79 Å². The maximum atomic E-state index is 12.3. The zero-order valence-electron chi connectivity index (χ0n) is 12.5. The van der Waals surface area contributed by atoms with Crippen LogP contribution in [0.5, 0.6) is 0 Å². The minimum Gasteiger partial charge on any atom is -0.481 e. The van der Waals surface area contributed by atoms with Crippen LogP contribution in [0.1, 0.15) is 31.9 Å². The van der Waals surface area contributed by atoms with Crippen molar-refractivity contribution in [2.24, 2.45) is 11.8 Å². The molecule has 0 saturated carbocycles. The smallest absolute Gasteiger partial charge is 0.317 e. The second-order valence-electron chi connectivity index (χ2n) is 5.65. The van der Waals surface area contributed by atoms with Gasteiger partial charge in [0.25, 0.3) is 0 Å². The van der Waals surface area contributed by atoms with Crippen LogP contribution in [0.4, 0.5) is 4.79 Å². The van der Waals surface area contributed by atoms with Gasteiger partial charge in [0.2, 0.25) is 0 Å². The van der Waals surface area contributed by atoms with E-state index in [-0.39, 0.29) is 24.5 Å². The molecule has 2 amide bonds. The van der Waals surface area contributed by atoms with Crippen molar-refractivity contribution >= 4 is 12.0 Å². The van der Waals surface area contributed by atoms with E-state index in [1.165, 1.54) is 0 Å². The summed E-state index contributed by atoms with van der Waals surface area (Å²) in [5.41, 5.74) is 1.07. The quantitative estimate of drug-likeness (QED) is 0.895. The highest BCUT2D eigenvalue weighted by atomic mass is 16.4. The standard InChI is InChI=1S/C16H22N2O3/c1-3-14(12-7-5-4-6-8-12)17-16(21)18-9-11(2)13(10-18)15(19)20/h4-8,11,13-14H,3,9-10H2,1-2H3,(H,17,21)(H,19,20)/t11-,13-,14?/m1/s1. The largest absolute Gasteiger partial charge is 0.481 e. The summed E-state index contributed by atoms with van der Waals surface area (Å²) in [6, 6.07) is 9.59. The molecule has 1 saturated heterocycles. The van der Waals surface area contributed by atoms with Crippen molar-refractivity contribution in [3.63, 3.8) is 0 Å². The van der Waals surface area contributed by atoms with E-state index in [1.54, 1.807) is 4.90 Å². The maximum Gasteiger partial charge on any atom is 0.317 e. The highest BCUT2D eigenvalue weighted by Crippen LogP contribution is 2.24. The minimum atomic E-state index is -0.826. The van der Waals surface area contributed by atoms with Crippen LogP contribution in [0, 0.1) is 11.8 Å². The molecular formula is C16H22N2O3. The zero-order chi connectivity index (χ0) is 15.4. The summed E-state index contributed by atoms with van der Waals surface area (Å²) in [7, 11) is 0. The number of nitrogens with zero attached hydrogens (tertiary/aromatic N) is 1. The van der Waals surface area contributed by atoms with E-state index < -0.39 is 11.9 Å². The van der Waals surface area contributed by atoms with Crippen molar-refractivity contribution in [1.82, 2.24) is 10.2 Å². The van der Waals surface area contributed by atoms with Gasteiger partial charge in [-0.15, -0.1) is 0 Å². The average Bonchev–Trinajstić information content (AvgIpc) is 2.87. The molecule has 0 spiro atoms. The molecule has 2 N–H and O–H groups in total. The Kier molecular flexibility index (Phi) is 4.83. The van der Waals surface area contributed by atoms with Gasteiger partial charge in [-0.2, -0.15) is 0 Å². The molecule has 114 valence electrons. The first-order chi connectivity index (χ1) is 10.0. The lowest BCUT2D eigenvalue weighted by atomic mass is 9.99. The summed E-state index contributed by atoms with van der Waals surface area (Å²) in [4.78, 5) is 25.1. The Hall–Kier alpha value is -2.04. The molecule has 1 aliphatic rings. The summed E-state index contributed by atoms with van der Waals surface area (Å²) >= 11 is 0. The first kappa shape index (κ1) is 15.4. The van der Waals surface area contributed by atoms with Crippen LogP contribution < -0.4 is 5.32 Å². The molecule has 2 rings (SSSR count). The molecule has 1 fully saturated rings. The van der Waals surface area contributed by atoms with Gasteiger partial charge in [-0.1, -0.05) is 44.2 Å². The molecule has 1 unspecified atom stereocenters. The van der Waals surface area contributed by atoms with E-state index in [1.807, 2.05) is 44.2 Å². The topological polar surface area (TPSA) is 69.6 Å². The number of aliphatic carboxylic acids is 1. The molecular weight excluding hydrogens is 268 g/mol. The number of likely N-dealkylation sites (tertiary alicyclic amines) is 1. The van der Waals surface area contributed by atoms with Gasteiger partial charge in [0, 0.05) is 13.1 Å². The number of amides is 2. The van der Waals surface area contributed by atoms with Crippen molar-refractivity contribution < 1.29 is 14.7 Å². The molecule has 0 aliphatic carbocycles. The maximum absolute atomic E-state index is 12.3. The van der Waals surface area contributed by atoms with Gasteiger partial charge in [0.05, 0.1) is 12.0 Å². The molecule has 5 nitrogen and oxygen atoms in total. The van der Waals surface area contributed by atoms with Gasteiger partial charge in [0.15, 0.2) is 0 Å².